The summed E-state index contributed by atoms with van der Waals surface area (Å²) in [6.45, 7) is 8.09. The Kier molecular flexibility index (Phi) is 3.72. The van der Waals surface area contributed by atoms with E-state index >= 15 is 0 Å². The third-order valence-corrected chi connectivity index (χ3v) is 2.17. The highest BCUT2D eigenvalue weighted by molar-refractivity contribution is 5.31. The van der Waals surface area contributed by atoms with E-state index in [4.69, 9.17) is 9.99 Å². The van der Waals surface area contributed by atoms with Crippen LogP contribution in [0, 0.1) is 0 Å². The van der Waals surface area contributed by atoms with E-state index in [0.717, 1.165) is 0 Å². The molecule has 1 aromatic rings. The maximum atomic E-state index is 8.35. The van der Waals surface area contributed by atoms with Crippen molar-refractivity contribution >= 4 is 0 Å². The molecule has 0 aromatic heterocycles. The second-order valence-electron chi connectivity index (χ2n) is 4.57. The van der Waals surface area contributed by atoms with Crippen molar-refractivity contribution in [1.82, 2.24) is 0 Å². The molecule has 0 amide bonds. The first kappa shape index (κ1) is 12.0. The molecule has 1 rings (SSSR count). The van der Waals surface area contributed by atoms with Gasteiger partial charge in [-0.25, -0.2) is 5.26 Å². The predicted octanol–water partition coefficient (Wildman–Crippen LogP) is 3.20. The van der Waals surface area contributed by atoms with Crippen molar-refractivity contribution in [3.05, 3.63) is 29.8 Å². The lowest BCUT2D eigenvalue weighted by atomic mass is 9.87. The standard InChI is InChI=1S/C12H18O3/c1-9(15-13)14-11-7-5-10(6-8-11)12(2,3)4/h5-9,13H,1-4H3. The van der Waals surface area contributed by atoms with Gasteiger partial charge in [0.2, 0.25) is 6.29 Å². The summed E-state index contributed by atoms with van der Waals surface area (Å²) in [4.78, 5) is 4.03. The van der Waals surface area contributed by atoms with Crippen molar-refractivity contribution in [1.29, 1.82) is 0 Å². The van der Waals surface area contributed by atoms with Crippen LogP contribution in [0.25, 0.3) is 0 Å². The Morgan fingerprint density at radius 1 is 1.13 bits per heavy atom. The summed E-state index contributed by atoms with van der Waals surface area (Å²) in [6, 6.07) is 7.77. The van der Waals surface area contributed by atoms with Gasteiger partial charge in [0, 0.05) is 6.92 Å². The Labute approximate surface area is 90.6 Å². The number of rotatable bonds is 3. The summed E-state index contributed by atoms with van der Waals surface area (Å²) in [5.41, 5.74) is 1.38. The van der Waals surface area contributed by atoms with E-state index < -0.39 is 6.29 Å². The highest BCUT2D eigenvalue weighted by Crippen LogP contribution is 2.24. The quantitative estimate of drug-likeness (QED) is 0.473. The van der Waals surface area contributed by atoms with Crippen LogP contribution in [0.2, 0.25) is 0 Å². The van der Waals surface area contributed by atoms with E-state index in [1.165, 1.54) is 5.56 Å². The van der Waals surface area contributed by atoms with Crippen LogP contribution in [0.3, 0.4) is 0 Å². The summed E-state index contributed by atoms with van der Waals surface area (Å²) >= 11 is 0. The van der Waals surface area contributed by atoms with E-state index in [-0.39, 0.29) is 5.41 Å². The van der Waals surface area contributed by atoms with Crippen LogP contribution in [0.1, 0.15) is 33.3 Å². The molecule has 3 nitrogen and oxygen atoms in total. The zero-order valence-electron chi connectivity index (χ0n) is 9.65. The van der Waals surface area contributed by atoms with Gasteiger partial charge in [0.05, 0.1) is 0 Å². The SMILES string of the molecule is CC(OO)Oc1ccc(C(C)(C)C)cc1. The molecule has 0 aliphatic carbocycles. The van der Waals surface area contributed by atoms with Crippen LogP contribution in [0.15, 0.2) is 24.3 Å². The van der Waals surface area contributed by atoms with Gasteiger partial charge in [-0.05, 0) is 23.1 Å². The molecule has 0 radical (unpaired) electrons. The fraction of sp³-hybridized carbons (Fsp3) is 0.500. The molecular formula is C12H18O3. The van der Waals surface area contributed by atoms with Crippen molar-refractivity contribution < 1.29 is 14.9 Å². The summed E-state index contributed by atoms with van der Waals surface area (Å²) in [7, 11) is 0. The van der Waals surface area contributed by atoms with Gasteiger partial charge in [0.25, 0.3) is 0 Å². The number of ether oxygens (including phenoxy) is 1. The van der Waals surface area contributed by atoms with Crippen molar-refractivity contribution in [3.8, 4) is 5.75 Å². The molecule has 1 N–H and O–H groups in total. The molecule has 0 saturated heterocycles. The van der Waals surface area contributed by atoms with Crippen molar-refractivity contribution in [3.63, 3.8) is 0 Å². The molecule has 15 heavy (non-hydrogen) atoms. The fourth-order valence-electron chi connectivity index (χ4n) is 1.25. The monoisotopic (exact) mass is 210 g/mol. The Hall–Kier alpha value is -1.06. The molecule has 0 aliphatic rings. The zero-order chi connectivity index (χ0) is 11.5. The maximum absolute atomic E-state index is 8.35. The average molecular weight is 210 g/mol. The second-order valence-corrected chi connectivity index (χ2v) is 4.57. The Morgan fingerprint density at radius 3 is 2.07 bits per heavy atom. The normalized spacial score (nSPS) is 13.7. The lowest BCUT2D eigenvalue weighted by molar-refractivity contribution is -0.319. The summed E-state index contributed by atoms with van der Waals surface area (Å²) < 4.78 is 5.26. The maximum Gasteiger partial charge on any atom is 0.228 e. The lowest BCUT2D eigenvalue weighted by Gasteiger charge is -2.19. The molecule has 1 unspecified atom stereocenters. The van der Waals surface area contributed by atoms with Gasteiger partial charge in [0.1, 0.15) is 5.75 Å². The van der Waals surface area contributed by atoms with Crippen LogP contribution in [0.4, 0.5) is 0 Å². The first-order chi connectivity index (χ1) is 6.93. The van der Waals surface area contributed by atoms with Crippen LogP contribution in [-0.2, 0) is 10.3 Å². The topological polar surface area (TPSA) is 38.7 Å². The van der Waals surface area contributed by atoms with E-state index in [2.05, 4.69) is 25.7 Å². The minimum atomic E-state index is -0.648. The van der Waals surface area contributed by atoms with Crippen LogP contribution in [-0.4, -0.2) is 11.5 Å². The van der Waals surface area contributed by atoms with Crippen molar-refractivity contribution in [2.45, 2.75) is 39.4 Å². The lowest BCUT2D eigenvalue weighted by Crippen LogP contribution is -2.14. The Bertz CT molecular complexity index is 298. The smallest absolute Gasteiger partial charge is 0.228 e. The van der Waals surface area contributed by atoms with E-state index in [9.17, 15) is 0 Å². The van der Waals surface area contributed by atoms with Gasteiger partial charge in [-0.2, -0.15) is 4.89 Å². The molecule has 0 bridgehead atoms. The third kappa shape index (κ3) is 3.53. The molecule has 0 aliphatic heterocycles. The molecule has 0 fully saturated rings. The van der Waals surface area contributed by atoms with Gasteiger partial charge < -0.3 is 4.74 Å². The average Bonchev–Trinajstić information content (AvgIpc) is 2.17. The van der Waals surface area contributed by atoms with E-state index in [0.29, 0.717) is 5.75 Å². The molecule has 0 spiro atoms. The highest BCUT2D eigenvalue weighted by atomic mass is 17.1. The number of hydrogen-bond donors (Lipinski definition) is 1. The Morgan fingerprint density at radius 2 is 1.67 bits per heavy atom. The van der Waals surface area contributed by atoms with Crippen LogP contribution in [0.5, 0.6) is 5.75 Å². The summed E-state index contributed by atoms with van der Waals surface area (Å²) in [5, 5.41) is 8.35. The molecule has 0 heterocycles. The molecule has 0 saturated carbocycles. The van der Waals surface area contributed by atoms with E-state index in [1.54, 1.807) is 6.92 Å². The zero-order valence-corrected chi connectivity index (χ0v) is 9.65. The molecule has 1 atom stereocenters. The van der Waals surface area contributed by atoms with Crippen molar-refractivity contribution in [2.24, 2.45) is 0 Å². The summed E-state index contributed by atoms with van der Waals surface area (Å²) in [6.07, 6.45) is -0.648. The third-order valence-electron chi connectivity index (χ3n) is 2.17. The first-order valence-corrected chi connectivity index (χ1v) is 5.01. The van der Waals surface area contributed by atoms with Gasteiger partial charge in [0.15, 0.2) is 0 Å². The van der Waals surface area contributed by atoms with Gasteiger partial charge in [-0.1, -0.05) is 32.9 Å². The number of benzene rings is 1. The largest absolute Gasteiger partial charge is 0.462 e. The minimum absolute atomic E-state index is 0.137. The highest BCUT2D eigenvalue weighted by Gasteiger charge is 2.13. The van der Waals surface area contributed by atoms with Gasteiger partial charge in [-0.15, -0.1) is 0 Å². The van der Waals surface area contributed by atoms with Crippen LogP contribution < -0.4 is 4.74 Å². The number of hydrogen-bond acceptors (Lipinski definition) is 3. The molecule has 3 heteroatoms. The minimum Gasteiger partial charge on any atom is -0.462 e. The fourth-order valence-corrected chi connectivity index (χ4v) is 1.25. The second kappa shape index (κ2) is 4.64. The first-order valence-electron chi connectivity index (χ1n) is 5.01. The van der Waals surface area contributed by atoms with E-state index in [1.807, 2.05) is 24.3 Å². The predicted molar refractivity (Wildman–Crippen MR) is 58.9 cm³/mol. The van der Waals surface area contributed by atoms with Gasteiger partial charge in [-0.3, -0.25) is 0 Å². The molecule has 1 aromatic carbocycles. The Balaban J connectivity index is 2.73. The van der Waals surface area contributed by atoms with Crippen LogP contribution >= 0.6 is 0 Å². The van der Waals surface area contributed by atoms with Gasteiger partial charge >= 0.3 is 0 Å². The summed E-state index contributed by atoms with van der Waals surface area (Å²) in [5.74, 6) is 0.685. The molecule has 84 valence electrons. The molecular weight excluding hydrogens is 192 g/mol. The van der Waals surface area contributed by atoms with Crippen molar-refractivity contribution in [2.75, 3.05) is 0 Å².